The molecule has 0 aliphatic rings. The van der Waals surface area contributed by atoms with Crippen molar-refractivity contribution < 1.29 is 4.74 Å². The maximum atomic E-state index is 6.02. The van der Waals surface area contributed by atoms with E-state index in [2.05, 4.69) is 4.98 Å². The van der Waals surface area contributed by atoms with Gasteiger partial charge >= 0.3 is 0 Å². The third-order valence-corrected chi connectivity index (χ3v) is 3.10. The molecule has 0 spiro atoms. The summed E-state index contributed by atoms with van der Waals surface area (Å²) in [6.45, 7) is 1.98. The molecule has 0 aliphatic carbocycles. The largest absolute Gasteiger partial charge is 0.497 e. The van der Waals surface area contributed by atoms with Crippen molar-refractivity contribution in [2.45, 2.75) is 12.8 Å². The summed E-state index contributed by atoms with van der Waals surface area (Å²) >= 11 is 11.8. The van der Waals surface area contributed by atoms with Crippen LogP contribution in [0.15, 0.2) is 18.2 Å². The normalized spacial score (nSPS) is 10.8. The fourth-order valence-corrected chi connectivity index (χ4v) is 2.14. The Morgan fingerprint density at radius 3 is 2.69 bits per heavy atom. The van der Waals surface area contributed by atoms with Crippen LogP contribution in [0.2, 0.25) is 5.15 Å². The quantitative estimate of drug-likeness (QED) is 0.599. The van der Waals surface area contributed by atoms with Gasteiger partial charge in [-0.05, 0) is 30.7 Å². The minimum absolute atomic E-state index is 0.359. The standard InChI is InChI=1S/C12H11Cl2NO/c1-7-3-10(16-2)5-8-4-9(6-13)12(14)15-11(7)8/h3-5H,6H2,1-2H3. The zero-order valence-electron chi connectivity index (χ0n) is 9.05. The summed E-state index contributed by atoms with van der Waals surface area (Å²) in [4.78, 5) is 4.35. The Balaban J connectivity index is 2.75. The molecule has 0 N–H and O–H groups in total. The zero-order chi connectivity index (χ0) is 11.7. The molecule has 2 rings (SSSR count). The molecule has 4 heteroatoms. The number of hydrogen-bond donors (Lipinski definition) is 0. The van der Waals surface area contributed by atoms with Crippen LogP contribution < -0.4 is 4.74 Å². The molecule has 1 aromatic heterocycles. The first-order valence-electron chi connectivity index (χ1n) is 4.85. The van der Waals surface area contributed by atoms with E-state index in [1.807, 2.05) is 25.1 Å². The summed E-state index contributed by atoms with van der Waals surface area (Å²) in [5, 5.41) is 1.47. The van der Waals surface area contributed by atoms with Crippen molar-refractivity contribution in [2.24, 2.45) is 0 Å². The number of hydrogen-bond acceptors (Lipinski definition) is 2. The van der Waals surface area contributed by atoms with E-state index < -0.39 is 0 Å². The highest BCUT2D eigenvalue weighted by Gasteiger charge is 2.07. The molecule has 0 radical (unpaired) electrons. The Hall–Kier alpha value is -0.990. The average Bonchev–Trinajstić information content (AvgIpc) is 2.29. The van der Waals surface area contributed by atoms with Crippen LogP contribution in [0.25, 0.3) is 10.9 Å². The van der Waals surface area contributed by atoms with Gasteiger partial charge < -0.3 is 4.74 Å². The van der Waals surface area contributed by atoms with Gasteiger partial charge in [-0.3, -0.25) is 0 Å². The monoisotopic (exact) mass is 255 g/mol. The van der Waals surface area contributed by atoms with Crippen molar-refractivity contribution in [3.05, 3.63) is 34.5 Å². The van der Waals surface area contributed by atoms with E-state index in [4.69, 9.17) is 27.9 Å². The van der Waals surface area contributed by atoms with Gasteiger partial charge in [0, 0.05) is 10.9 Å². The number of rotatable bonds is 2. The first-order valence-corrected chi connectivity index (χ1v) is 5.76. The molecule has 0 saturated heterocycles. The van der Waals surface area contributed by atoms with Crippen LogP contribution in [0.5, 0.6) is 5.75 Å². The number of aryl methyl sites for hydroxylation is 1. The fraction of sp³-hybridized carbons (Fsp3) is 0.250. The van der Waals surface area contributed by atoms with Crippen molar-refractivity contribution >= 4 is 34.1 Å². The summed E-state index contributed by atoms with van der Waals surface area (Å²) in [5.41, 5.74) is 2.76. The molecule has 0 unspecified atom stereocenters. The fourth-order valence-electron chi connectivity index (χ4n) is 1.66. The van der Waals surface area contributed by atoms with Crippen LogP contribution in [0, 0.1) is 6.92 Å². The van der Waals surface area contributed by atoms with E-state index in [1.165, 1.54) is 0 Å². The molecule has 0 amide bonds. The summed E-state index contributed by atoms with van der Waals surface area (Å²) in [6.07, 6.45) is 0. The number of methoxy groups -OCH3 is 1. The molecule has 0 saturated carbocycles. The van der Waals surface area contributed by atoms with Crippen molar-refractivity contribution in [1.29, 1.82) is 0 Å². The van der Waals surface area contributed by atoms with Crippen LogP contribution in [0.4, 0.5) is 0 Å². The predicted octanol–water partition coefficient (Wildman–Crippen LogP) is 3.94. The first-order chi connectivity index (χ1) is 7.65. The molecule has 16 heavy (non-hydrogen) atoms. The van der Waals surface area contributed by atoms with Crippen molar-refractivity contribution in [1.82, 2.24) is 4.98 Å². The maximum Gasteiger partial charge on any atom is 0.134 e. The lowest BCUT2D eigenvalue weighted by Crippen LogP contribution is -1.91. The van der Waals surface area contributed by atoms with Gasteiger partial charge in [0.15, 0.2) is 0 Å². The topological polar surface area (TPSA) is 22.1 Å². The number of benzene rings is 1. The van der Waals surface area contributed by atoms with Crippen molar-refractivity contribution in [3.8, 4) is 5.75 Å². The zero-order valence-corrected chi connectivity index (χ0v) is 10.6. The molecule has 0 atom stereocenters. The van der Waals surface area contributed by atoms with Crippen molar-refractivity contribution in [2.75, 3.05) is 7.11 Å². The second kappa shape index (κ2) is 4.48. The van der Waals surface area contributed by atoms with Crippen LogP contribution >= 0.6 is 23.2 Å². The highest BCUT2D eigenvalue weighted by atomic mass is 35.5. The van der Waals surface area contributed by atoms with Gasteiger partial charge in [0.05, 0.1) is 18.5 Å². The summed E-state index contributed by atoms with van der Waals surface area (Å²) in [6, 6.07) is 5.82. The van der Waals surface area contributed by atoms with E-state index in [-0.39, 0.29) is 0 Å². The van der Waals surface area contributed by atoms with Gasteiger partial charge in [-0.2, -0.15) is 0 Å². The Labute approximate surface area is 104 Å². The third kappa shape index (κ3) is 1.95. The van der Waals surface area contributed by atoms with Gasteiger partial charge in [-0.25, -0.2) is 4.98 Å². The Morgan fingerprint density at radius 2 is 2.06 bits per heavy atom. The maximum absolute atomic E-state index is 6.02. The molecule has 0 bridgehead atoms. The van der Waals surface area contributed by atoms with Gasteiger partial charge in [-0.15, -0.1) is 11.6 Å². The highest BCUT2D eigenvalue weighted by molar-refractivity contribution is 6.31. The van der Waals surface area contributed by atoms with E-state index in [0.717, 1.165) is 27.8 Å². The molecule has 1 aromatic carbocycles. The number of halogens is 2. The van der Waals surface area contributed by atoms with Gasteiger partial charge in [0.25, 0.3) is 0 Å². The first kappa shape index (κ1) is 11.5. The van der Waals surface area contributed by atoms with E-state index in [0.29, 0.717) is 11.0 Å². The molecule has 2 aromatic rings. The summed E-state index contributed by atoms with van der Waals surface area (Å²) < 4.78 is 5.21. The second-order valence-corrected chi connectivity index (χ2v) is 4.21. The molecular weight excluding hydrogens is 245 g/mol. The molecule has 2 nitrogen and oxygen atoms in total. The number of nitrogens with zero attached hydrogens (tertiary/aromatic N) is 1. The summed E-state index contributed by atoms with van der Waals surface area (Å²) in [7, 11) is 1.65. The van der Waals surface area contributed by atoms with Gasteiger partial charge in [-0.1, -0.05) is 11.6 Å². The number of ether oxygens (including phenoxy) is 1. The van der Waals surface area contributed by atoms with Crippen LogP contribution in [0.1, 0.15) is 11.1 Å². The van der Waals surface area contributed by atoms with E-state index >= 15 is 0 Å². The van der Waals surface area contributed by atoms with Crippen LogP contribution in [0.3, 0.4) is 0 Å². The Kier molecular flexibility index (Phi) is 3.22. The average molecular weight is 256 g/mol. The minimum Gasteiger partial charge on any atom is -0.497 e. The van der Waals surface area contributed by atoms with Crippen LogP contribution in [-0.4, -0.2) is 12.1 Å². The van der Waals surface area contributed by atoms with E-state index in [1.54, 1.807) is 7.11 Å². The second-order valence-electron chi connectivity index (χ2n) is 3.59. The smallest absolute Gasteiger partial charge is 0.134 e. The number of aromatic nitrogens is 1. The molecule has 1 heterocycles. The lowest BCUT2D eigenvalue weighted by molar-refractivity contribution is 0.415. The number of fused-ring (bicyclic) bond motifs is 1. The van der Waals surface area contributed by atoms with Crippen molar-refractivity contribution in [3.63, 3.8) is 0 Å². The van der Waals surface area contributed by atoms with Crippen LogP contribution in [-0.2, 0) is 5.88 Å². The SMILES string of the molecule is COc1cc(C)c2nc(Cl)c(CCl)cc2c1. The lowest BCUT2D eigenvalue weighted by atomic mass is 10.1. The summed E-state index contributed by atoms with van der Waals surface area (Å²) in [5.74, 6) is 1.17. The molecule has 84 valence electrons. The number of alkyl halides is 1. The Bertz CT molecular complexity index is 540. The van der Waals surface area contributed by atoms with Gasteiger partial charge in [0.1, 0.15) is 10.9 Å². The predicted molar refractivity (Wildman–Crippen MR) is 67.6 cm³/mol. The Morgan fingerprint density at radius 1 is 1.31 bits per heavy atom. The number of pyridine rings is 1. The third-order valence-electron chi connectivity index (χ3n) is 2.49. The lowest BCUT2D eigenvalue weighted by Gasteiger charge is -2.08. The minimum atomic E-state index is 0.359. The van der Waals surface area contributed by atoms with E-state index in [9.17, 15) is 0 Å². The highest BCUT2D eigenvalue weighted by Crippen LogP contribution is 2.27. The molecular formula is C12H11Cl2NO. The van der Waals surface area contributed by atoms with Gasteiger partial charge in [0.2, 0.25) is 0 Å². The molecule has 0 aliphatic heterocycles. The molecule has 0 fully saturated rings.